The van der Waals surface area contributed by atoms with Crippen molar-refractivity contribution >= 4 is 35.4 Å². The van der Waals surface area contributed by atoms with Gasteiger partial charge in [0.25, 0.3) is 0 Å². The molecule has 0 fully saturated rings. The van der Waals surface area contributed by atoms with E-state index < -0.39 is 6.17 Å². The van der Waals surface area contributed by atoms with Crippen LogP contribution in [0.25, 0.3) is 0 Å². The number of carbonyl (C=O) groups excluding carboxylic acids is 1. The molecule has 0 radical (unpaired) electrons. The number of aldehydes is 1. The van der Waals surface area contributed by atoms with Gasteiger partial charge < -0.3 is 16.0 Å². The summed E-state index contributed by atoms with van der Waals surface area (Å²) in [5, 5.41) is 3.75. The lowest BCUT2D eigenvalue weighted by Crippen LogP contribution is -2.36. The number of thioether (sulfide) groups is 1. The van der Waals surface area contributed by atoms with Crippen LogP contribution in [0.4, 0.5) is 17.3 Å². The van der Waals surface area contributed by atoms with E-state index >= 15 is 0 Å². The normalized spacial score (nSPS) is 16.0. The second-order valence-electron chi connectivity index (χ2n) is 5.28. The number of aromatic nitrogens is 2. The third kappa shape index (κ3) is 3.24. The van der Waals surface area contributed by atoms with Crippen molar-refractivity contribution in [1.82, 2.24) is 9.97 Å². The molecule has 0 aliphatic carbocycles. The Bertz CT molecular complexity index is 694. The first-order valence-corrected chi connectivity index (χ1v) is 8.54. The molecule has 1 aromatic carbocycles. The van der Waals surface area contributed by atoms with E-state index in [1.54, 1.807) is 11.8 Å². The van der Waals surface area contributed by atoms with Crippen molar-refractivity contribution in [1.29, 1.82) is 0 Å². The summed E-state index contributed by atoms with van der Waals surface area (Å²) in [6.07, 6.45) is 1.42. The van der Waals surface area contributed by atoms with Gasteiger partial charge in [-0.25, -0.2) is 9.97 Å². The Balaban J connectivity index is 1.94. The van der Waals surface area contributed by atoms with Crippen LogP contribution in [0.3, 0.4) is 0 Å². The van der Waals surface area contributed by atoms with Gasteiger partial charge >= 0.3 is 0 Å². The second-order valence-corrected chi connectivity index (χ2v) is 6.34. The van der Waals surface area contributed by atoms with Gasteiger partial charge in [0.15, 0.2) is 29.2 Å². The SMILES string of the molecule is CCCSc1nc(N)c2c(n1)N(Cc1ccccc1)C(C=O)N2. The summed E-state index contributed by atoms with van der Waals surface area (Å²) in [6, 6.07) is 9.98. The number of carbonyl (C=O) groups is 1. The fourth-order valence-corrected chi connectivity index (χ4v) is 3.17. The molecule has 1 aromatic heterocycles. The predicted molar refractivity (Wildman–Crippen MR) is 93.6 cm³/mol. The van der Waals surface area contributed by atoms with E-state index in [4.69, 9.17) is 5.73 Å². The summed E-state index contributed by atoms with van der Waals surface area (Å²) in [7, 11) is 0. The summed E-state index contributed by atoms with van der Waals surface area (Å²) in [6.45, 7) is 2.69. The Labute approximate surface area is 139 Å². The quantitative estimate of drug-likeness (QED) is 0.478. The number of nitrogens with two attached hydrogens (primary N) is 1. The number of anilines is 3. The molecule has 2 aromatic rings. The zero-order valence-electron chi connectivity index (χ0n) is 12.9. The summed E-state index contributed by atoms with van der Waals surface area (Å²) >= 11 is 1.57. The highest BCUT2D eigenvalue weighted by atomic mass is 32.2. The molecule has 1 unspecified atom stereocenters. The van der Waals surface area contributed by atoms with Crippen LogP contribution in [0.2, 0.25) is 0 Å². The minimum absolute atomic E-state index is 0.385. The van der Waals surface area contributed by atoms with Gasteiger partial charge in [0.05, 0.1) is 0 Å². The van der Waals surface area contributed by atoms with Crippen LogP contribution in [0.15, 0.2) is 35.5 Å². The fourth-order valence-electron chi connectivity index (χ4n) is 2.47. The molecule has 0 saturated carbocycles. The zero-order chi connectivity index (χ0) is 16.2. The Kier molecular flexibility index (Phi) is 4.66. The lowest BCUT2D eigenvalue weighted by atomic mass is 10.2. The summed E-state index contributed by atoms with van der Waals surface area (Å²) < 4.78 is 0. The van der Waals surface area contributed by atoms with E-state index in [-0.39, 0.29) is 0 Å². The molecule has 0 saturated heterocycles. The van der Waals surface area contributed by atoms with Gasteiger partial charge in [0, 0.05) is 12.3 Å². The van der Waals surface area contributed by atoms with Gasteiger partial charge in [0.1, 0.15) is 5.69 Å². The molecule has 2 heterocycles. The molecule has 0 spiro atoms. The Morgan fingerprint density at radius 2 is 2.13 bits per heavy atom. The van der Waals surface area contributed by atoms with Crippen LogP contribution in [0, 0.1) is 0 Å². The maximum Gasteiger partial charge on any atom is 0.191 e. The first-order chi connectivity index (χ1) is 11.2. The molecule has 3 rings (SSSR count). The minimum atomic E-state index is -0.478. The predicted octanol–water partition coefficient (Wildman–Crippen LogP) is 2.52. The van der Waals surface area contributed by atoms with Crippen molar-refractivity contribution in [2.24, 2.45) is 0 Å². The average molecular weight is 329 g/mol. The topological polar surface area (TPSA) is 84.1 Å². The molecule has 0 amide bonds. The molecule has 120 valence electrons. The molecule has 0 bridgehead atoms. The largest absolute Gasteiger partial charge is 0.382 e. The smallest absolute Gasteiger partial charge is 0.191 e. The van der Waals surface area contributed by atoms with Crippen LogP contribution in [-0.4, -0.2) is 28.2 Å². The van der Waals surface area contributed by atoms with E-state index in [1.165, 1.54) is 0 Å². The van der Waals surface area contributed by atoms with Crippen LogP contribution < -0.4 is 16.0 Å². The van der Waals surface area contributed by atoms with Crippen molar-refractivity contribution in [3.8, 4) is 0 Å². The molecular weight excluding hydrogens is 310 g/mol. The number of nitrogens with one attached hydrogen (secondary N) is 1. The van der Waals surface area contributed by atoms with Crippen LogP contribution in [0.5, 0.6) is 0 Å². The lowest BCUT2D eigenvalue weighted by Gasteiger charge is -2.22. The monoisotopic (exact) mass is 329 g/mol. The summed E-state index contributed by atoms with van der Waals surface area (Å²) in [5.74, 6) is 2.01. The molecule has 1 atom stereocenters. The molecular formula is C16H19N5OS. The van der Waals surface area contributed by atoms with E-state index in [9.17, 15) is 4.79 Å². The number of hydrogen-bond acceptors (Lipinski definition) is 7. The summed E-state index contributed by atoms with van der Waals surface area (Å²) in [5.41, 5.74) is 7.79. The maximum absolute atomic E-state index is 11.4. The van der Waals surface area contributed by atoms with Gasteiger partial charge in [-0.3, -0.25) is 4.79 Å². The third-order valence-electron chi connectivity index (χ3n) is 3.56. The standard InChI is InChI=1S/C16H19N5OS/c1-2-8-23-16-19-14(17)13-15(20-16)21(12(10-22)18-13)9-11-6-4-3-5-7-11/h3-7,10,12,18H,2,8-9H2,1H3,(H2,17,19,20). The second kappa shape index (κ2) is 6.87. The van der Waals surface area contributed by atoms with Crippen molar-refractivity contribution in [2.45, 2.75) is 31.2 Å². The first kappa shape index (κ1) is 15.6. The Morgan fingerprint density at radius 1 is 1.35 bits per heavy atom. The number of benzene rings is 1. The minimum Gasteiger partial charge on any atom is -0.382 e. The van der Waals surface area contributed by atoms with E-state index in [0.29, 0.717) is 29.0 Å². The molecule has 6 nitrogen and oxygen atoms in total. The first-order valence-electron chi connectivity index (χ1n) is 7.55. The highest BCUT2D eigenvalue weighted by molar-refractivity contribution is 7.99. The van der Waals surface area contributed by atoms with E-state index in [1.807, 2.05) is 35.2 Å². The van der Waals surface area contributed by atoms with Gasteiger partial charge in [0.2, 0.25) is 0 Å². The molecule has 1 aliphatic rings. The highest BCUT2D eigenvalue weighted by Gasteiger charge is 2.32. The molecule has 7 heteroatoms. The van der Waals surface area contributed by atoms with Gasteiger partial charge in [-0.2, -0.15) is 0 Å². The molecule has 1 aliphatic heterocycles. The zero-order valence-corrected chi connectivity index (χ0v) is 13.7. The third-order valence-corrected chi connectivity index (χ3v) is 4.61. The van der Waals surface area contributed by atoms with Crippen LogP contribution in [0.1, 0.15) is 18.9 Å². The van der Waals surface area contributed by atoms with Crippen LogP contribution >= 0.6 is 11.8 Å². The molecule has 23 heavy (non-hydrogen) atoms. The maximum atomic E-state index is 11.4. The number of nitrogens with zero attached hydrogens (tertiary/aromatic N) is 3. The van der Waals surface area contributed by atoms with Crippen molar-refractivity contribution in [2.75, 3.05) is 21.7 Å². The van der Waals surface area contributed by atoms with Gasteiger partial charge in [-0.15, -0.1) is 0 Å². The summed E-state index contributed by atoms with van der Waals surface area (Å²) in [4.78, 5) is 22.3. The van der Waals surface area contributed by atoms with Crippen molar-refractivity contribution in [3.05, 3.63) is 35.9 Å². The number of fused-ring (bicyclic) bond motifs is 1. The van der Waals surface area contributed by atoms with Crippen molar-refractivity contribution in [3.63, 3.8) is 0 Å². The Morgan fingerprint density at radius 3 is 2.83 bits per heavy atom. The number of rotatable bonds is 6. The highest BCUT2D eigenvalue weighted by Crippen LogP contribution is 2.38. The number of nitrogen functional groups attached to an aromatic ring is 1. The van der Waals surface area contributed by atoms with Gasteiger partial charge in [-0.05, 0) is 12.0 Å². The lowest BCUT2D eigenvalue weighted by molar-refractivity contribution is -0.108. The van der Waals surface area contributed by atoms with Crippen LogP contribution in [-0.2, 0) is 11.3 Å². The number of hydrogen-bond donors (Lipinski definition) is 2. The van der Waals surface area contributed by atoms with Gasteiger partial charge in [-0.1, -0.05) is 49.0 Å². The Hall–Kier alpha value is -2.28. The fraction of sp³-hybridized carbons (Fsp3) is 0.312. The average Bonchev–Trinajstić information content (AvgIpc) is 2.92. The van der Waals surface area contributed by atoms with Crippen molar-refractivity contribution < 1.29 is 4.79 Å². The van der Waals surface area contributed by atoms with E-state index in [0.717, 1.165) is 24.0 Å². The van der Waals surface area contributed by atoms with E-state index in [2.05, 4.69) is 22.2 Å². The molecule has 3 N–H and O–H groups in total.